The number of urea groups is 1. The molecule has 0 aromatic heterocycles. The van der Waals surface area contributed by atoms with Gasteiger partial charge in [-0.15, -0.1) is 0 Å². The molecule has 4 N–H and O–H groups in total. The highest BCUT2D eigenvalue weighted by Crippen LogP contribution is 2.23. The maximum atomic E-state index is 12.2. The van der Waals surface area contributed by atoms with E-state index in [1.165, 1.54) is 31.4 Å². The molecule has 9 nitrogen and oxygen atoms in total. The lowest BCUT2D eigenvalue weighted by atomic mass is 10.2. The molecule has 0 aliphatic carbocycles. The van der Waals surface area contributed by atoms with Crippen molar-refractivity contribution in [3.05, 3.63) is 29.8 Å². The number of primary amides is 1. The number of imide groups is 1. The van der Waals surface area contributed by atoms with Crippen molar-refractivity contribution >= 4 is 29.5 Å². The average Bonchev–Trinajstić information content (AvgIpc) is 2.79. The van der Waals surface area contributed by atoms with Crippen LogP contribution in [0.15, 0.2) is 24.3 Å². The van der Waals surface area contributed by atoms with Crippen LogP contribution in [0, 0.1) is 0 Å². The summed E-state index contributed by atoms with van der Waals surface area (Å²) in [5.41, 5.74) is 9.97. The van der Waals surface area contributed by atoms with E-state index in [9.17, 15) is 19.2 Å². The summed E-state index contributed by atoms with van der Waals surface area (Å²) < 4.78 is 4.57. The van der Waals surface area contributed by atoms with Crippen molar-refractivity contribution in [2.45, 2.75) is 12.5 Å². The predicted octanol–water partition coefficient (Wildman–Crippen LogP) is -0.722. The Balaban J connectivity index is 2.14. The molecule has 1 aromatic carbocycles. The minimum Gasteiger partial charge on any atom is -0.465 e. The quantitative estimate of drug-likeness (QED) is 0.382. The van der Waals surface area contributed by atoms with Crippen LogP contribution >= 0.6 is 0 Å². The Morgan fingerprint density at radius 1 is 1.27 bits per heavy atom. The van der Waals surface area contributed by atoms with E-state index in [1.54, 1.807) is 0 Å². The zero-order valence-corrected chi connectivity index (χ0v) is 11.7. The summed E-state index contributed by atoms with van der Waals surface area (Å²) in [6, 6.07) is 4.08. The Kier molecular flexibility index (Phi) is 4.37. The number of methoxy groups -OCH3 is 1. The molecule has 1 aromatic rings. The first kappa shape index (κ1) is 15.4. The number of hydrogen-bond acceptors (Lipinski definition) is 6. The van der Waals surface area contributed by atoms with Gasteiger partial charge in [0.15, 0.2) is 0 Å². The Morgan fingerprint density at radius 3 is 2.45 bits per heavy atom. The normalized spacial score (nSPS) is 17.5. The van der Waals surface area contributed by atoms with Crippen LogP contribution in [0.25, 0.3) is 0 Å². The second-order valence-corrected chi connectivity index (χ2v) is 4.50. The van der Waals surface area contributed by atoms with Crippen LogP contribution < -0.4 is 21.5 Å². The van der Waals surface area contributed by atoms with Crippen molar-refractivity contribution in [2.75, 3.05) is 12.0 Å². The molecule has 1 heterocycles. The number of hydrazine groups is 1. The van der Waals surface area contributed by atoms with Crippen molar-refractivity contribution in [2.24, 2.45) is 5.73 Å². The van der Waals surface area contributed by atoms with E-state index >= 15 is 0 Å². The third-order valence-electron chi connectivity index (χ3n) is 3.06. The number of ether oxygens (including phenoxy) is 1. The van der Waals surface area contributed by atoms with Crippen molar-refractivity contribution in [1.29, 1.82) is 0 Å². The van der Waals surface area contributed by atoms with E-state index in [2.05, 4.69) is 15.6 Å². The molecule has 1 atom stereocenters. The topological polar surface area (TPSA) is 131 Å². The standard InChI is InChI=1S/C13H14N4O5/c1-22-12(20)7-2-4-8(5-3-7)17-10(18)6-9(11(17)19)15-16-13(14)21/h2-5,9,15H,6H2,1H3,(H3,14,16,21)/t9-/m0/s1. The van der Waals surface area contributed by atoms with Crippen LogP contribution in [0.4, 0.5) is 10.5 Å². The molecular formula is C13H14N4O5. The molecule has 1 saturated heterocycles. The first-order valence-corrected chi connectivity index (χ1v) is 6.30. The first-order valence-electron chi connectivity index (χ1n) is 6.30. The number of esters is 1. The van der Waals surface area contributed by atoms with E-state index in [-0.39, 0.29) is 6.42 Å². The molecule has 2 rings (SSSR count). The monoisotopic (exact) mass is 306 g/mol. The summed E-state index contributed by atoms with van der Waals surface area (Å²) in [7, 11) is 1.26. The molecular weight excluding hydrogens is 292 g/mol. The molecule has 0 saturated carbocycles. The fourth-order valence-electron chi connectivity index (χ4n) is 2.04. The molecule has 0 bridgehead atoms. The fraction of sp³-hybridized carbons (Fsp3) is 0.231. The number of anilines is 1. The van der Waals surface area contributed by atoms with Crippen molar-refractivity contribution in [1.82, 2.24) is 10.9 Å². The maximum absolute atomic E-state index is 12.2. The molecule has 22 heavy (non-hydrogen) atoms. The minimum atomic E-state index is -0.889. The predicted molar refractivity (Wildman–Crippen MR) is 74.5 cm³/mol. The van der Waals surface area contributed by atoms with Gasteiger partial charge in [0.2, 0.25) is 5.91 Å². The first-order chi connectivity index (χ1) is 10.4. The van der Waals surface area contributed by atoms with Crippen molar-refractivity contribution < 1.29 is 23.9 Å². The molecule has 0 unspecified atom stereocenters. The Bertz CT molecular complexity index is 628. The third kappa shape index (κ3) is 3.04. The van der Waals surface area contributed by atoms with Crippen LogP contribution in [0.2, 0.25) is 0 Å². The van der Waals surface area contributed by atoms with E-state index in [1.807, 2.05) is 0 Å². The van der Waals surface area contributed by atoms with Crippen LogP contribution in [0.1, 0.15) is 16.8 Å². The van der Waals surface area contributed by atoms with E-state index < -0.39 is 29.9 Å². The summed E-state index contributed by atoms with van der Waals surface area (Å²) in [6.07, 6.45) is -0.113. The second kappa shape index (κ2) is 6.22. The maximum Gasteiger partial charge on any atom is 0.337 e. The number of carbonyl (C=O) groups excluding carboxylic acids is 4. The summed E-state index contributed by atoms with van der Waals surface area (Å²) in [6.45, 7) is 0. The third-order valence-corrected chi connectivity index (χ3v) is 3.06. The van der Waals surface area contributed by atoms with Gasteiger partial charge in [0.05, 0.1) is 24.8 Å². The molecule has 4 amide bonds. The number of nitrogens with two attached hydrogens (primary N) is 1. The van der Waals surface area contributed by atoms with Gasteiger partial charge in [-0.2, -0.15) is 0 Å². The number of carbonyl (C=O) groups is 4. The number of rotatable bonds is 4. The molecule has 1 aliphatic rings. The number of nitrogens with one attached hydrogen (secondary N) is 2. The van der Waals surface area contributed by atoms with E-state index in [0.717, 1.165) is 4.90 Å². The lowest BCUT2D eigenvalue weighted by Gasteiger charge is -2.15. The Labute approximate surface area is 125 Å². The minimum absolute atomic E-state index is 0.113. The van der Waals surface area contributed by atoms with Gasteiger partial charge in [-0.3, -0.25) is 15.0 Å². The largest absolute Gasteiger partial charge is 0.465 e. The van der Waals surface area contributed by atoms with Gasteiger partial charge < -0.3 is 10.5 Å². The Hall–Kier alpha value is -2.94. The average molecular weight is 306 g/mol. The fourth-order valence-corrected chi connectivity index (χ4v) is 2.04. The van der Waals surface area contributed by atoms with Gasteiger partial charge in [0.1, 0.15) is 6.04 Å². The molecule has 1 aliphatic heterocycles. The highest BCUT2D eigenvalue weighted by molar-refractivity contribution is 6.22. The van der Waals surface area contributed by atoms with Crippen LogP contribution in [0.5, 0.6) is 0 Å². The van der Waals surface area contributed by atoms with Gasteiger partial charge in [-0.05, 0) is 24.3 Å². The number of amides is 4. The number of benzene rings is 1. The number of hydrogen-bond donors (Lipinski definition) is 3. The Morgan fingerprint density at radius 2 is 1.91 bits per heavy atom. The van der Waals surface area contributed by atoms with Crippen LogP contribution in [-0.2, 0) is 14.3 Å². The number of nitrogens with zero attached hydrogens (tertiary/aromatic N) is 1. The van der Waals surface area contributed by atoms with Crippen molar-refractivity contribution in [3.63, 3.8) is 0 Å². The van der Waals surface area contributed by atoms with E-state index in [4.69, 9.17) is 5.73 Å². The molecule has 1 fully saturated rings. The SMILES string of the molecule is COC(=O)c1ccc(N2C(=O)C[C@H](NNC(N)=O)C2=O)cc1. The summed E-state index contributed by atoms with van der Waals surface area (Å²) in [5.74, 6) is -1.47. The van der Waals surface area contributed by atoms with Crippen LogP contribution in [-0.4, -0.2) is 37.0 Å². The molecule has 116 valence electrons. The summed E-state index contributed by atoms with van der Waals surface area (Å²) in [4.78, 5) is 47.0. The van der Waals surface area contributed by atoms with Crippen LogP contribution in [0.3, 0.4) is 0 Å². The zero-order valence-electron chi connectivity index (χ0n) is 11.7. The van der Waals surface area contributed by atoms with Crippen molar-refractivity contribution in [3.8, 4) is 0 Å². The lowest BCUT2D eigenvalue weighted by Crippen LogP contribution is -2.50. The smallest absolute Gasteiger partial charge is 0.337 e. The zero-order chi connectivity index (χ0) is 16.3. The lowest BCUT2D eigenvalue weighted by molar-refractivity contribution is -0.121. The van der Waals surface area contributed by atoms with Gasteiger partial charge in [-0.1, -0.05) is 0 Å². The highest BCUT2D eigenvalue weighted by atomic mass is 16.5. The molecule has 0 spiro atoms. The molecule has 0 radical (unpaired) electrons. The van der Waals surface area contributed by atoms with Gasteiger partial charge in [-0.25, -0.2) is 19.9 Å². The van der Waals surface area contributed by atoms with Gasteiger partial charge >= 0.3 is 12.0 Å². The summed E-state index contributed by atoms with van der Waals surface area (Å²) >= 11 is 0. The van der Waals surface area contributed by atoms with E-state index in [0.29, 0.717) is 11.3 Å². The second-order valence-electron chi connectivity index (χ2n) is 4.50. The van der Waals surface area contributed by atoms with Gasteiger partial charge in [0.25, 0.3) is 5.91 Å². The van der Waals surface area contributed by atoms with Gasteiger partial charge in [0, 0.05) is 0 Å². The highest BCUT2D eigenvalue weighted by Gasteiger charge is 2.39. The summed E-state index contributed by atoms with van der Waals surface area (Å²) in [5, 5.41) is 0. The molecule has 9 heteroatoms.